The Kier molecular flexibility index (Phi) is 5.07. The smallest absolute Gasteiger partial charge is 0.340 e. The van der Waals surface area contributed by atoms with Crippen LogP contribution in [0.25, 0.3) is 21.3 Å². The summed E-state index contributed by atoms with van der Waals surface area (Å²) in [4.78, 5) is 15.0. The van der Waals surface area contributed by atoms with E-state index < -0.39 is 5.97 Å². The van der Waals surface area contributed by atoms with Crippen molar-refractivity contribution in [2.75, 3.05) is 6.61 Å². The highest BCUT2D eigenvalue weighted by Gasteiger charge is 2.22. The zero-order chi connectivity index (χ0) is 16.3. The third kappa shape index (κ3) is 2.81. The first-order valence-electron chi connectivity index (χ1n) is 6.63. The standard InChI is InChI=1S/C14H15BrN4O3/c1-3-22-14(21)13-9-5-10(15)8(7-20)4-11(9)19(2)12(13)6-17-18-16/h4-5,20H,3,6-7H2,1-2H3. The number of nitrogens with zero attached hydrogens (tertiary/aromatic N) is 4. The molecule has 0 radical (unpaired) electrons. The molecule has 1 aromatic heterocycles. The number of aliphatic hydroxyl groups is 1. The molecule has 0 saturated carbocycles. The molecule has 0 aliphatic rings. The Morgan fingerprint density at radius 1 is 1.55 bits per heavy atom. The number of esters is 1. The topological polar surface area (TPSA) is 100 Å². The number of ether oxygens (including phenoxy) is 1. The lowest BCUT2D eigenvalue weighted by Gasteiger charge is -2.04. The molecule has 0 saturated heterocycles. The van der Waals surface area contributed by atoms with E-state index in [1.54, 1.807) is 30.7 Å². The molecular weight excluding hydrogens is 352 g/mol. The number of aryl methyl sites for hydroxylation is 1. The highest BCUT2D eigenvalue weighted by atomic mass is 79.9. The number of aromatic nitrogens is 1. The summed E-state index contributed by atoms with van der Waals surface area (Å²) < 4.78 is 7.60. The highest BCUT2D eigenvalue weighted by Crippen LogP contribution is 2.32. The van der Waals surface area contributed by atoms with Crippen LogP contribution in [0, 0.1) is 0 Å². The number of carbonyl (C=O) groups excluding carboxylic acids is 1. The number of halogens is 1. The van der Waals surface area contributed by atoms with Crippen molar-refractivity contribution in [1.29, 1.82) is 0 Å². The molecule has 2 aromatic rings. The number of azide groups is 1. The lowest BCUT2D eigenvalue weighted by molar-refractivity contribution is 0.0527. The molecule has 0 aliphatic carbocycles. The van der Waals surface area contributed by atoms with Gasteiger partial charge < -0.3 is 14.4 Å². The Balaban J connectivity index is 2.78. The van der Waals surface area contributed by atoms with Crippen LogP contribution in [0.15, 0.2) is 21.7 Å². The van der Waals surface area contributed by atoms with Crippen LogP contribution in [0.1, 0.15) is 28.5 Å². The van der Waals surface area contributed by atoms with Gasteiger partial charge >= 0.3 is 5.97 Å². The predicted molar refractivity (Wildman–Crippen MR) is 85.3 cm³/mol. The minimum absolute atomic E-state index is 0.0436. The summed E-state index contributed by atoms with van der Waals surface area (Å²) in [7, 11) is 1.78. The first kappa shape index (κ1) is 16.4. The molecule has 1 aromatic carbocycles. The van der Waals surface area contributed by atoms with E-state index in [1.165, 1.54) is 0 Å². The fraction of sp³-hybridized carbons (Fsp3) is 0.357. The van der Waals surface area contributed by atoms with Crippen LogP contribution < -0.4 is 0 Å². The van der Waals surface area contributed by atoms with Crippen molar-refractivity contribution < 1.29 is 14.6 Å². The van der Waals surface area contributed by atoms with Crippen molar-refractivity contribution in [1.82, 2.24) is 4.57 Å². The number of aliphatic hydroxyl groups excluding tert-OH is 1. The summed E-state index contributed by atoms with van der Waals surface area (Å²) in [6.45, 7) is 1.91. The van der Waals surface area contributed by atoms with E-state index in [0.717, 1.165) is 5.52 Å². The second-order valence-corrected chi connectivity index (χ2v) is 5.46. The number of hydrogen-bond acceptors (Lipinski definition) is 4. The molecule has 0 spiro atoms. The Labute approximate surface area is 135 Å². The molecule has 8 heteroatoms. The van der Waals surface area contributed by atoms with Gasteiger partial charge in [0, 0.05) is 33.0 Å². The van der Waals surface area contributed by atoms with E-state index in [4.69, 9.17) is 10.3 Å². The summed E-state index contributed by atoms with van der Waals surface area (Å²) >= 11 is 3.38. The molecule has 0 unspecified atom stereocenters. The Bertz CT molecular complexity index is 778. The maximum atomic E-state index is 12.3. The number of rotatable bonds is 5. The van der Waals surface area contributed by atoms with Crippen LogP contribution in [-0.4, -0.2) is 22.2 Å². The van der Waals surface area contributed by atoms with Gasteiger partial charge in [-0.15, -0.1) is 0 Å². The van der Waals surface area contributed by atoms with Crippen LogP contribution in [0.4, 0.5) is 0 Å². The van der Waals surface area contributed by atoms with Gasteiger partial charge in [-0.05, 0) is 30.2 Å². The summed E-state index contributed by atoms with van der Waals surface area (Å²) in [5.41, 5.74) is 11.0. The van der Waals surface area contributed by atoms with E-state index in [-0.39, 0.29) is 19.8 Å². The van der Waals surface area contributed by atoms with Gasteiger partial charge in [0.2, 0.25) is 0 Å². The minimum Gasteiger partial charge on any atom is -0.462 e. The van der Waals surface area contributed by atoms with E-state index in [0.29, 0.717) is 26.7 Å². The first-order valence-corrected chi connectivity index (χ1v) is 7.42. The van der Waals surface area contributed by atoms with Crippen molar-refractivity contribution in [3.05, 3.63) is 43.9 Å². The Morgan fingerprint density at radius 3 is 2.86 bits per heavy atom. The lowest BCUT2D eigenvalue weighted by Crippen LogP contribution is -2.08. The Hall–Kier alpha value is -2.02. The van der Waals surface area contributed by atoms with Crippen molar-refractivity contribution in [2.24, 2.45) is 12.2 Å². The van der Waals surface area contributed by atoms with Crippen LogP contribution in [0.5, 0.6) is 0 Å². The second-order valence-electron chi connectivity index (χ2n) is 4.61. The molecule has 0 fully saturated rings. The van der Waals surface area contributed by atoms with Crippen LogP contribution in [0.3, 0.4) is 0 Å². The van der Waals surface area contributed by atoms with Gasteiger partial charge in [-0.1, -0.05) is 21.0 Å². The van der Waals surface area contributed by atoms with Gasteiger partial charge in [-0.25, -0.2) is 4.79 Å². The van der Waals surface area contributed by atoms with Gasteiger partial charge in [0.1, 0.15) is 0 Å². The molecular formula is C14H15BrN4O3. The van der Waals surface area contributed by atoms with Crippen LogP contribution in [0.2, 0.25) is 0 Å². The summed E-state index contributed by atoms with van der Waals surface area (Å²) in [5, 5.41) is 13.6. The van der Waals surface area contributed by atoms with Gasteiger partial charge in [0.25, 0.3) is 0 Å². The fourth-order valence-corrected chi connectivity index (χ4v) is 2.86. The maximum absolute atomic E-state index is 12.3. The van der Waals surface area contributed by atoms with Crippen molar-refractivity contribution >= 4 is 32.8 Å². The zero-order valence-corrected chi connectivity index (χ0v) is 13.8. The lowest BCUT2D eigenvalue weighted by atomic mass is 10.1. The summed E-state index contributed by atoms with van der Waals surface area (Å²) in [5.74, 6) is -0.458. The van der Waals surface area contributed by atoms with Gasteiger partial charge in [0.05, 0.1) is 25.3 Å². The van der Waals surface area contributed by atoms with Crippen LogP contribution in [-0.2, 0) is 24.9 Å². The van der Waals surface area contributed by atoms with Crippen molar-refractivity contribution in [3.8, 4) is 0 Å². The van der Waals surface area contributed by atoms with Crippen molar-refractivity contribution in [2.45, 2.75) is 20.1 Å². The van der Waals surface area contributed by atoms with E-state index in [2.05, 4.69) is 26.0 Å². The number of benzene rings is 1. The largest absolute Gasteiger partial charge is 0.462 e. The molecule has 22 heavy (non-hydrogen) atoms. The minimum atomic E-state index is -0.458. The zero-order valence-electron chi connectivity index (χ0n) is 12.2. The van der Waals surface area contributed by atoms with Gasteiger partial charge in [-0.2, -0.15) is 0 Å². The average Bonchev–Trinajstić information content (AvgIpc) is 2.76. The summed E-state index contributed by atoms with van der Waals surface area (Å²) in [6, 6.07) is 3.56. The third-order valence-electron chi connectivity index (χ3n) is 3.42. The number of carbonyl (C=O) groups is 1. The average molecular weight is 367 g/mol. The quantitative estimate of drug-likeness (QED) is 0.379. The first-order chi connectivity index (χ1) is 10.5. The molecule has 0 aliphatic heterocycles. The molecule has 116 valence electrons. The normalized spacial score (nSPS) is 10.5. The van der Waals surface area contributed by atoms with Gasteiger partial charge in [-0.3, -0.25) is 0 Å². The second kappa shape index (κ2) is 6.83. The molecule has 1 heterocycles. The SMILES string of the molecule is CCOC(=O)c1c(CN=[N+]=[N-])n(C)c2cc(CO)c(Br)cc12. The monoisotopic (exact) mass is 366 g/mol. The van der Waals surface area contributed by atoms with Gasteiger partial charge in [0.15, 0.2) is 0 Å². The molecule has 0 bridgehead atoms. The molecule has 0 atom stereocenters. The van der Waals surface area contributed by atoms with E-state index in [1.807, 2.05) is 0 Å². The fourth-order valence-electron chi connectivity index (χ4n) is 2.39. The Morgan fingerprint density at radius 2 is 2.27 bits per heavy atom. The molecule has 1 N–H and O–H groups in total. The summed E-state index contributed by atoms with van der Waals surface area (Å²) in [6.07, 6.45) is 0. The number of hydrogen-bond donors (Lipinski definition) is 1. The number of fused-ring (bicyclic) bond motifs is 1. The van der Waals surface area contributed by atoms with Crippen LogP contribution >= 0.6 is 15.9 Å². The molecule has 7 nitrogen and oxygen atoms in total. The molecule has 2 rings (SSSR count). The highest BCUT2D eigenvalue weighted by molar-refractivity contribution is 9.10. The molecule has 0 amide bonds. The maximum Gasteiger partial charge on any atom is 0.340 e. The predicted octanol–water partition coefficient (Wildman–Crippen LogP) is 3.42. The third-order valence-corrected chi connectivity index (χ3v) is 4.16. The van der Waals surface area contributed by atoms with E-state index >= 15 is 0 Å². The van der Waals surface area contributed by atoms with Crippen molar-refractivity contribution in [3.63, 3.8) is 0 Å². The van der Waals surface area contributed by atoms with E-state index in [9.17, 15) is 9.90 Å².